The summed E-state index contributed by atoms with van der Waals surface area (Å²) in [5.74, 6) is 1.56. The summed E-state index contributed by atoms with van der Waals surface area (Å²) < 4.78 is 32.3. The van der Waals surface area contributed by atoms with Gasteiger partial charge in [-0.2, -0.15) is 0 Å². The van der Waals surface area contributed by atoms with Gasteiger partial charge in [0.1, 0.15) is 23.4 Å². The third kappa shape index (κ3) is 5.04. The first-order chi connectivity index (χ1) is 15.2. The monoisotopic (exact) mass is 425 g/mol. The van der Waals surface area contributed by atoms with Crippen molar-refractivity contribution >= 4 is 0 Å². The zero-order chi connectivity index (χ0) is 21.0. The van der Waals surface area contributed by atoms with E-state index in [1.54, 1.807) is 6.07 Å². The first-order valence-corrected chi connectivity index (χ1v) is 11.8. The molecule has 2 atom stereocenters. The van der Waals surface area contributed by atoms with Gasteiger partial charge < -0.3 is 19.5 Å². The van der Waals surface area contributed by atoms with Crippen LogP contribution >= 0.6 is 0 Å². The van der Waals surface area contributed by atoms with E-state index in [-0.39, 0.29) is 18.0 Å². The molecule has 0 aromatic heterocycles. The van der Waals surface area contributed by atoms with Crippen LogP contribution in [-0.2, 0) is 11.2 Å². The lowest BCUT2D eigenvalue weighted by molar-refractivity contribution is 0.0985. The van der Waals surface area contributed by atoms with Gasteiger partial charge in [-0.3, -0.25) is 0 Å². The van der Waals surface area contributed by atoms with Gasteiger partial charge in [-0.15, -0.1) is 0 Å². The molecule has 0 spiro atoms. The highest BCUT2D eigenvalue weighted by molar-refractivity contribution is 5.42. The van der Waals surface area contributed by atoms with Crippen LogP contribution in [0.5, 0.6) is 11.5 Å². The second-order valence-electron chi connectivity index (χ2n) is 9.07. The maximum absolute atomic E-state index is 14.1. The molecule has 2 unspecified atom stereocenters. The van der Waals surface area contributed by atoms with Crippen LogP contribution in [0.2, 0.25) is 0 Å². The SMILES string of the molecule is Fc1ccccc1C1CCc2cc(OC3CCC(NCC4CCCO4)CC3)ccc2O1. The minimum atomic E-state index is -0.224. The van der Waals surface area contributed by atoms with E-state index in [0.29, 0.717) is 17.7 Å². The predicted octanol–water partition coefficient (Wildman–Crippen LogP) is 5.35. The second kappa shape index (κ2) is 9.58. The lowest BCUT2D eigenvalue weighted by Crippen LogP contribution is -2.39. The molecule has 31 heavy (non-hydrogen) atoms. The predicted molar refractivity (Wildman–Crippen MR) is 118 cm³/mol. The fraction of sp³-hybridized carbons (Fsp3) is 0.538. The quantitative estimate of drug-likeness (QED) is 0.677. The Morgan fingerprint density at radius 1 is 1.00 bits per heavy atom. The molecule has 2 aromatic rings. The Balaban J connectivity index is 1.12. The molecule has 4 nitrogen and oxygen atoms in total. The van der Waals surface area contributed by atoms with Crippen molar-refractivity contribution in [2.75, 3.05) is 13.2 Å². The van der Waals surface area contributed by atoms with Gasteiger partial charge in [0, 0.05) is 24.8 Å². The van der Waals surface area contributed by atoms with Crippen molar-refractivity contribution < 1.29 is 18.6 Å². The summed E-state index contributed by atoms with van der Waals surface area (Å²) in [7, 11) is 0. The Morgan fingerprint density at radius 3 is 2.68 bits per heavy atom. The normalized spacial score (nSPS) is 28.0. The lowest BCUT2D eigenvalue weighted by Gasteiger charge is -2.31. The van der Waals surface area contributed by atoms with E-state index >= 15 is 0 Å². The molecule has 0 amide bonds. The molecular formula is C26H32FNO3. The van der Waals surface area contributed by atoms with Gasteiger partial charge in [0.05, 0.1) is 12.2 Å². The number of nitrogens with one attached hydrogen (secondary N) is 1. The first-order valence-electron chi connectivity index (χ1n) is 11.8. The number of ether oxygens (including phenoxy) is 3. The second-order valence-corrected chi connectivity index (χ2v) is 9.07. The Kier molecular flexibility index (Phi) is 6.42. The highest BCUT2D eigenvalue weighted by atomic mass is 19.1. The molecule has 1 saturated carbocycles. The molecule has 1 N–H and O–H groups in total. The molecule has 1 saturated heterocycles. The van der Waals surface area contributed by atoms with Gasteiger partial charge in [-0.1, -0.05) is 18.2 Å². The van der Waals surface area contributed by atoms with Gasteiger partial charge in [0.15, 0.2) is 0 Å². The summed E-state index contributed by atoms with van der Waals surface area (Å²) in [6.45, 7) is 1.90. The summed E-state index contributed by atoms with van der Waals surface area (Å²) in [4.78, 5) is 0. The highest BCUT2D eigenvalue weighted by Gasteiger charge is 2.26. The number of aryl methyl sites for hydroxylation is 1. The molecular weight excluding hydrogens is 393 g/mol. The van der Waals surface area contributed by atoms with Gasteiger partial charge in [0.25, 0.3) is 0 Å². The van der Waals surface area contributed by atoms with Crippen LogP contribution in [0.3, 0.4) is 0 Å². The highest BCUT2D eigenvalue weighted by Crippen LogP contribution is 2.38. The van der Waals surface area contributed by atoms with Crippen molar-refractivity contribution in [2.24, 2.45) is 0 Å². The molecule has 2 aliphatic heterocycles. The van der Waals surface area contributed by atoms with Crippen LogP contribution in [0.15, 0.2) is 42.5 Å². The van der Waals surface area contributed by atoms with E-state index in [2.05, 4.69) is 11.4 Å². The van der Waals surface area contributed by atoms with Crippen LogP contribution in [0.4, 0.5) is 4.39 Å². The van der Waals surface area contributed by atoms with Crippen LogP contribution in [0.25, 0.3) is 0 Å². The maximum Gasteiger partial charge on any atom is 0.130 e. The summed E-state index contributed by atoms with van der Waals surface area (Å²) in [5.41, 5.74) is 1.79. The van der Waals surface area contributed by atoms with Gasteiger partial charge in [0.2, 0.25) is 0 Å². The molecule has 3 aliphatic rings. The average Bonchev–Trinajstić information content (AvgIpc) is 3.32. The van der Waals surface area contributed by atoms with E-state index in [1.165, 1.54) is 18.9 Å². The topological polar surface area (TPSA) is 39.7 Å². The molecule has 1 aliphatic carbocycles. The standard InChI is InChI=1S/C26H32FNO3/c27-24-6-2-1-5-23(24)26-13-7-18-16-21(12-14-25(18)31-26)30-20-10-8-19(9-11-20)28-17-22-4-3-15-29-22/h1-2,5-6,12,14,16,19-20,22,26,28H,3-4,7-11,13,15,17H2. The van der Waals surface area contributed by atoms with Crippen molar-refractivity contribution in [3.05, 3.63) is 59.4 Å². The zero-order valence-electron chi connectivity index (χ0n) is 18.0. The Labute approximate surface area is 184 Å². The average molecular weight is 426 g/mol. The van der Waals surface area contributed by atoms with E-state index in [0.717, 1.165) is 68.7 Å². The third-order valence-corrected chi connectivity index (χ3v) is 6.86. The van der Waals surface area contributed by atoms with Gasteiger partial charge in [-0.25, -0.2) is 4.39 Å². The van der Waals surface area contributed by atoms with E-state index in [4.69, 9.17) is 14.2 Å². The largest absolute Gasteiger partial charge is 0.490 e. The van der Waals surface area contributed by atoms with Crippen molar-refractivity contribution in [2.45, 2.75) is 75.7 Å². The van der Waals surface area contributed by atoms with Crippen LogP contribution in [-0.4, -0.2) is 31.4 Å². The molecule has 2 fully saturated rings. The van der Waals surface area contributed by atoms with Crippen LogP contribution in [0.1, 0.15) is 62.2 Å². The zero-order valence-corrected chi connectivity index (χ0v) is 18.0. The van der Waals surface area contributed by atoms with Crippen molar-refractivity contribution in [1.82, 2.24) is 5.32 Å². The molecule has 166 valence electrons. The minimum absolute atomic E-state index is 0.197. The Hall–Kier alpha value is -2.11. The maximum atomic E-state index is 14.1. The van der Waals surface area contributed by atoms with E-state index < -0.39 is 0 Å². The summed E-state index contributed by atoms with van der Waals surface area (Å²) >= 11 is 0. The van der Waals surface area contributed by atoms with Crippen LogP contribution in [0, 0.1) is 5.82 Å². The summed E-state index contributed by atoms with van der Waals surface area (Å²) in [6, 6.07) is 13.5. The van der Waals surface area contributed by atoms with Gasteiger partial charge in [-0.05, 0) is 81.2 Å². The number of hydrogen-bond acceptors (Lipinski definition) is 4. The number of rotatable bonds is 6. The number of fused-ring (bicyclic) bond motifs is 1. The molecule has 5 heteroatoms. The molecule has 2 aromatic carbocycles. The number of halogens is 1. The van der Waals surface area contributed by atoms with Crippen molar-refractivity contribution in [3.8, 4) is 11.5 Å². The molecule has 5 rings (SSSR count). The molecule has 0 radical (unpaired) electrons. The van der Waals surface area contributed by atoms with E-state index in [1.807, 2.05) is 24.3 Å². The first kappa shape index (κ1) is 20.8. The fourth-order valence-electron chi connectivity index (χ4n) is 5.07. The summed E-state index contributed by atoms with van der Waals surface area (Å²) in [6.07, 6.45) is 8.93. The molecule has 0 bridgehead atoms. The summed E-state index contributed by atoms with van der Waals surface area (Å²) in [5, 5.41) is 3.69. The smallest absolute Gasteiger partial charge is 0.130 e. The van der Waals surface area contributed by atoms with E-state index in [9.17, 15) is 4.39 Å². The molecule has 2 heterocycles. The van der Waals surface area contributed by atoms with Gasteiger partial charge >= 0.3 is 0 Å². The third-order valence-electron chi connectivity index (χ3n) is 6.86. The van der Waals surface area contributed by atoms with Crippen LogP contribution < -0.4 is 14.8 Å². The Bertz CT molecular complexity index is 875. The van der Waals surface area contributed by atoms with Crippen molar-refractivity contribution in [1.29, 1.82) is 0 Å². The lowest BCUT2D eigenvalue weighted by atomic mass is 9.92. The van der Waals surface area contributed by atoms with Crippen molar-refractivity contribution in [3.63, 3.8) is 0 Å². The fourth-order valence-corrected chi connectivity index (χ4v) is 5.07. The number of benzene rings is 2. The minimum Gasteiger partial charge on any atom is -0.490 e. The Morgan fingerprint density at radius 2 is 1.87 bits per heavy atom. The number of hydrogen-bond donors (Lipinski definition) is 1.